The fourth-order valence-electron chi connectivity index (χ4n) is 1.95. The molecule has 0 amide bonds. The molecule has 2 aromatic carbocycles. The number of ether oxygens (including phenoxy) is 3. The molecule has 0 bridgehead atoms. The first-order chi connectivity index (χ1) is 10.3. The minimum Gasteiger partial charge on any atom is -0.497 e. The molecule has 0 unspecified atom stereocenters. The standard InChI is InChI=1S/C17H21NO3/c1-19-15-9-10-16(17(13-15)20-2)18-11-6-12-21-14-7-4-3-5-8-14/h3-5,7-10,13,18H,6,11-12H2,1-2H3. The zero-order valence-electron chi connectivity index (χ0n) is 12.5. The average molecular weight is 287 g/mol. The van der Waals surface area contributed by atoms with Crippen LogP contribution in [-0.4, -0.2) is 27.4 Å². The molecule has 112 valence electrons. The molecule has 0 saturated heterocycles. The Morgan fingerprint density at radius 2 is 1.71 bits per heavy atom. The number of hydrogen-bond donors (Lipinski definition) is 1. The summed E-state index contributed by atoms with van der Waals surface area (Å²) in [7, 11) is 3.29. The van der Waals surface area contributed by atoms with Gasteiger partial charge >= 0.3 is 0 Å². The molecule has 0 aliphatic carbocycles. The number of anilines is 1. The second kappa shape index (κ2) is 8.04. The van der Waals surface area contributed by atoms with Gasteiger partial charge < -0.3 is 19.5 Å². The number of hydrogen-bond acceptors (Lipinski definition) is 4. The summed E-state index contributed by atoms with van der Waals surface area (Å²) < 4.78 is 16.2. The Morgan fingerprint density at radius 1 is 0.905 bits per heavy atom. The monoisotopic (exact) mass is 287 g/mol. The van der Waals surface area contributed by atoms with Gasteiger partial charge in [-0.05, 0) is 30.7 Å². The van der Waals surface area contributed by atoms with Gasteiger partial charge in [0.05, 0.1) is 26.5 Å². The maximum Gasteiger partial charge on any atom is 0.145 e. The second-order valence-electron chi connectivity index (χ2n) is 4.51. The molecule has 0 aliphatic heterocycles. The zero-order valence-corrected chi connectivity index (χ0v) is 12.5. The van der Waals surface area contributed by atoms with E-state index in [2.05, 4.69) is 5.32 Å². The van der Waals surface area contributed by atoms with E-state index in [1.165, 1.54) is 0 Å². The van der Waals surface area contributed by atoms with Crippen LogP contribution in [0.5, 0.6) is 17.2 Å². The minimum absolute atomic E-state index is 0.676. The highest BCUT2D eigenvalue weighted by atomic mass is 16.5. The largest absolute Gasteiger partial charge is 0.497 e. The van der Waals surface area contributed by atoms with Crippen LogP contribution in [-0.2, 0) is 0 Å². The van der Waals surface area contributed by atoms with E-state index in [1.54, 1.807) is 14.2 Å². The van der Waals surface area contributed by atoms with Crippen LogP contribution in [0.15, 0.2) is 48.5 Å². The Kier molecular flexibility index (Phi) is 5.76. The van der Waals surface area contributed by atoms with Gasteiger partial charge in [-0.3, -0.25) is 0 Å². The van der Waals surface area contributed by atoms with Gasteiger partial charge in [-0.15, -0.1) is 0 Å². The van der Waals surface area contributed by atoms with Crippen LogP contribution in [0.2, 0.25) is 0 Å². The van der Waals surface area contributed by atoms with Crippen molar-refractivity contribution in [3.05, 3.63) is 48.5 Å². The summed E-state index contributed by atoms with van der Waals surface area (Å²) in [6.45, 7) is 1.49. The van der Waals surface area contributed by atoms with Crippen molar-refractivity contribution in [1.29, 1.82) is 0 Å². The smallest absolute Gasteiger partial charge is 0.145 e. The molecule has 0 aromatic heterocycles. The van der Waals surface area contributed by atoms with Crippen molar-refractivity contribution in [3.63, 3.8) is 0 Å². The maximum atomic E-state index is 5.65. The van der Waals surface area contributed by atoms with E-state index in [1.807, 2.05) is 48.5 Å². The highest BCUT2D eigenvalue weighted by Crippen LogP contribution is 2.28. The maximum absolute atomic E-state index is 5.65. The quantitative estimate of drug-likeness (QED) is 0.753. The van der Waals surface area contributed by atoms with Gasteiger partial charge in [-0.25, -0.2) is 0 Å². The summed E-state index contributed by atoms with van der Waals surface area (Å²) in [5.41, 5.74) is 0.956. The van der Waals surface area contributed by atoms with Crippen LogP contribution >= 0.6 is 0 Å². The van der Waals surface area contributed by atoms with Gasteiger partial charge in [-0.2, -0.15) is 0 Å². The van der Waals surface area contributed by atoms with E-state index in [0.717, 1.165) is 35.9 Å². The van der Waals surface area contributed by atoms with Gasteiger partial charge in [0.25, 0.3) is 0 Å². The predicted molar refractivity (Wildman–Crippen MR) is 84.6 cm³/mol. The molecular formula is C17H21NO3. The normalized spacial score (nSPS) is 10.0. The van der Waals surface area contributed by atoms with Crippen LogP contribution in [0, 0.1) is 0 Å². The Hall–Kier alpha value is -2.36. The Labute approximate surface area is 125 Å². The molecular weight excluding hydrogens is 266 g/mol. The number of benzene rings is 2. The van der Waals surface area contributed by atoms with Crippen LogP contribution in [0.25, 0.3) is 0 Å². The third-order valence-electron chi connectivity index (χ3n) is 3.06. The third kappa shape index (κ3) is 4.60. The highest BCUT2D eigenvalue weighted by molar-refractivity contribution is 5.59. The van der Waals surface area contributed by atoms with Crippen molar-refractivity contribution in [1.82, 2.24) is 0 Å². The predicted octanol–water partition coefficient (Wildman–Crippen LogP) is 3.58. The van der Waals surface area contributed by atoms with Crippen LogP contribution < -0.4 is 19.5 Å². The van der Waals surface area contributed by atoms with E-state index in [4.69, 9.17) is 14.2 Å². The molecule has 21 heavy (non-hydrogen) atoms. The lowest BCUT2D eigenvalue weighted by atomic mass is 10.2. The summed E-state index contributed by atoms with van der Waals surface area (Å²) in [5, 5.41) is 3.34. The zero-order chi connectivity index (χ0) is 14.9. The molecule has 0 atom stereocenters. The molecule has 0 aliphatic rings. The fourth-order valence-corrected chi connectivity index (χ4v) is 1.95. The van der Waals surface area contributed by atoms with Crippen LogP contribution in [0.1, 0.15) is 6.42 Å². The molecule has 1 N–H and O–H groups in total. The van der Waals surface area contributed by atoms with E-state index >= 15 is 0 Å². The lowest BCUT2D eigenvalue weighted by Gasteiger charge is -2.12. The topological polar surface area (TPSA) is 39.7 Å². The summed E-state index contributed by atoms with van der Waals surface area (Å²) in [4.78, 5) is 0. The summed E-state index contributed by atoms with van der Waals surface area (Å²) >= 11 is 0. The molecule has 4 nitrogen and oxygen atoms in total. The SMILES string of the molecule is COc1ccc(NCCCOc2ccccc2)c(OC)c1. The number of nitrogens with one attached hydrogen (secondary N) is 1. The van der Waals surface area contributed by atoms with Crippen molar-refractivity contribution in [2.75, 3.05) is 32.7 Å². The van der Waals surface area contributed by atoms with Gasteiger partial charge in [-0.1, -0.05) is 18.2 Å². The summed E-state index contributed by atoms with van der Waals surface area (Å²) in [6, 6.07) is 15.6. The highest BCUT2D eigenvalue weighted by Gasteiger charge is 2.04. The van der Waals surface area contributed by atoms with Crippen molar-refractivity contribution in [3.8, 4) is 17.2 Å². The van der Waals surface area contributed by atoms with Crippen molar-refractivity contribution in [2.24, 2.45) is 0 Å². The minimum atomic E-state index is 0.676. The van der Waals surface area contributed by atoms with Crippen LogP contribution in [0.3, 0.4) is 0 Å². The molecule has 0 radical (unpaired) electrons. The van der Waals surface area contributed by atoms with E-state index in [-0.39, 0.29) is 0 Å². The molecule has 0 heterocycles. The number of para-hydroxylation sites is 1. The van der Waals surface area contributed by atoms with E-state index in [0.29, 0.717) is 6.61 Å². The van der Waals surface area contributed by atoms with Crippen LogP contribution in [0.4, 0.5) is 5.69 Å². The molecule has 2 aromatic rings. The summed E-state index contributed by atoms with van der Waals surface area (Å²) in [6.07, 6.45) is 0.907. The lowest BCUT2D eigenvalue weighted by Crippen LogP contribution is -2.08. The van der Waals surface area contributed by atoms with Gasteiger partial charge in [0, 0.05) is 12.6 Å². The first-order valence-electron chi connectivity index (χ1n) is 6.97. The molecule has 2 rings (SSSR count). The van der Waals surface area contributed by atoms with Gasteiger partial charge in [0.2, 0.25) is 0 Å². The van der Waals surface area contributed by atoms with Gasteiger partial charge in [0.1, 0.15) is 17.2 Å². The molecule has 4 heteroatoms. The second-order valence-corrected chi connectivity index (χ2v) is 4.51. The molecule has 0 saturated carbocycles. The average Bonchev–Trinajstić information content (AvgIpc) is 2.55. The van der Waals surface area contributed by atoms with Crippen molar-refractivity contribution in [2.45, 2.75) is 6.42 Å². The Morgan fingerprint density at radius 3 is 2.43 bits per heavy atom. The van der Waals surface area contributed by atoms with Gasteiger partial charge in [0.15, 0.2) is 0 Å². The van der Waals surface area contributed by atoms with Crippen molar-refractivity contribution >= 4 is 5.69 Å². The first-order valence-corrected chi connectivity index (χ1v) is 6.97. The summed E-state index contributed by atoms with van der Waals surface area (Å²) in [5.74, 6) is 2.46. The van der Waals surface area contributed by atoms with E-state index in [9.17, 15) is 0 Å². The molecule has 0 spiro atoms. The fraction of sp³-hybridized carbons (Fsp3) is 0.294. The van der Waals surface area contributed by atoms with Crippen molar-refractivity contribution < 1.29 is 14.2 Å². The first kappa shape index (κ1) is 15.0. The Bertz CT molecular complexity index is 543. The van der Waals surface area contributed by atoms with E-state index < -0.39 is 0 Å². The molecule has 0 fully saturated rings. The third-order valence-corrected chi connectivity index (χ3v) is 3.06. The number of rotatable bonds is 8. The number of methoxy groups -OCH3 is 2. The lowest BCUT2D eigenvalue weighted by molar-refractivity contribution is 0.315. The Balaban J connectivity index is 1.76.